The van der Waals surface area contributed by atoms with Gasteiger partial charge in [0.1, 0.15) is 18.1 Å². The predicted molar refractivity (Wildman–Crippen MR) is 151 cm³/mol. The van der Waals surface area contributed by atoms with Crippen LogP contribution in [0.25, 0.3) is 33.1 Å². The first kappa shape index (κ1) is 24.2. The molecular formula is C29H31N3O3S. The Labute approximate surface area is 212 Å². The van der Waals surface area contributed by atoms with Crippen molar-refractivity contribution >= 4 is 37.5 Å². The van der Waals surface area contributed by atoms with Crippen LogP contribution in [-0.2, 0) is 18.0 Å². The summed E-state index contributed by atoms with van der Waals surface area (Å²) in [5.41, 5.74) is 3.66. The summed E-state index contributed by atoms with van der Waals surface area (Å²) in [6.45, 7) is 1.50. The minimum atomic E-state index is -0.658. The Morgan fingerprint density at radius 1 is 1.00 bits per heavy atom. The average Bonchev–Trinajstić information content (AvgIpc) is 3.30. The van der Waals surface area contributed by atoms with Crippen molar-refractivity contribution in [2.75, 3.05) is 36.4 Å². The lowest BCUT2D eigenvalue weighted by molar-refractivity contribution is 0.0876. The van der Waals surface area contributed by atoms with E-state index < -0.39 is 10.0 Å². The highest BCUT2D eigenvalue weighted by atomic mass is 32.3. The van der Waals surface area contributed by atoms with Crippen molar-refractivity contribution in [2.45, 2.75) is 13.3 Å². The Balaban J connectivity index is 1.53. The fraction of sp³-hybridized carbons (Fsp3) is 0.241. The summed E-state index contributed by atoms with van der Waals surface area (Å²) in [5.74, 6) is 1.72. The van der Waals surface area contributed by atoms with Crippen LogP contribution in [0.4, 0.5) is 5.69 Å². The zero-order valence-corrected chi connectivity index (χ0v) is 21.7. The first-order valence-electron chi connectivity index (χ1n) is 11.9. The van der Waals surface area contributed by atoms with Crippen molar-refractivity contribution in [3.05, 3.63) is 95.2 Å². The van der Waals surface area contributed by atoms with E-state index in [1.807, 2.05) is 66.9 Å². The SMILES string of the molecule is CS(C)(C)CCOCn1cc(-c2cc3ccccc3o2)c2cc(NCc3ccncc3)ccc2c1=O. The minimum absolute atomic E-state index is 0.0753. The van der Waals surface area contributed by atoms with Gasteiger partial charge in [-0.25, -0.2) is 10.0 Å². The quantitative estimate of drug-likeness (QED) is 0.248. The maximum absolute atomic E-state index is 13.4. The Morgan fingerprint density at radius 3 is 2.58 bits per heavy atom. The summed E-state index contributed by atoms with van der Waals surface area (Å²) >= 11 is 0. The molecule has 1 N–H and O–H groups in total. The molecule has 36 heavy (non-hydrogen) atoms. The van der Waals surface area contributed by atoms with Gasteiger partial charge in [-0.3, -0.25) is 14.3 Å². The molecule has 0 atom stereocenters. The summed E-state index contributed by atoms with van der Waals surface area (Å²) in [5, 5.41) is 5.96. The number of benzene rings is 2. The van der Waals surface area contributed by atoms with Crippen LogP contribution >= 0.6 is 10.0 Å². The predicted octanol–water partition coefficient (Wildman–Crippen LogP) is 6.09. The molecule has 0 amide bonds. The molecular weight excluding hydrogens is 470 g/mol. The van der Waals surface area contributed by atoms with Crippen LogP contribution in [0.5, 0.6) is 0 Å². The second-order valence-electron chi connectivity index (χ2n) is 9.77. The van der Waals surface area contributed by atoms with Crippen LogP contribution in [0, 0.1) is 0 Å². The smallest absolute Gasteiger partial charge is 0.260 e. The number of rotatable bonds is 9. The first-order chi connectivity index (χ1) is 17.4. The number of fused-ring (bicyclic) bond motifs is 2. The summed E-state index contributed by atoms with van der Waals surface area (Å²) in [7, 11) is -0.658. The molecule has 0 aliphatic rings. The van der Waals surface area contributed by atoms with Crippen LogP contribution in [0.1, 0.15) is 5.56 Å². The number of ether oxygens (including phenoxy) is 1. The topological polar surface area (TPSA) is 69.3 Å². The van der Waals surface area contributed by atoms with E-state index in [1.54, 1.807) is 17.0 Å². The van der Waals surface area contributed by atoms with Crippen molar-refractivity contribution in [1.29, 1.82) is 0 Å². The van der Waals surface area contributed by atoms with Crippen LogP contribution in [0.2, 0.25) is 0 Å². The molecule has 186 valence electrons. The second kappa shape index (κ2) is 10.2. The third kappa shape index (κ3) is 5.48. The van der Waals surface area contributed by atoms with Crippen LogP contribution in [0.3, 0.4) is 0 Å². The van der Waals surface area contributed by atoms with Gasteiger partial charge < -0.3 is 14.5 Å². The molecule has 0 bridgehead atoms. The van der Waals surface area contributed by atoms with Crippen molar-refractivity contribution in [2.24, 2.45) is 0 Å². The molecule has 3 aromatic heterocycles. The van der Waals surface area contributed by atoms with E-state index in [1.165, 1.54) is 0 Å². The van der Waals surface area contributed by atoms with Gasteiger partial charge in [0.25, 0.3) is 5.56 Å². The molecule has 3 heterocycles. The lowest BCUT2D eigenvalue weighted by atomic mass is 10.0. The zero-order valence-electron chi connectivity index (χ0n) is 20.9. The van der Waals surface area contributed by atoms with Crippen molar-refractivity contribution in [3.63, 3.8) is 0 Å². The molecule has 6 nitrogen and oxygen atoms in total. The number of hydrogen-bond donors (Lipinski definition) is 1. The molecule has 0 spiro atoms. The van der Waals surface area contributed by atoms with Crippen LogP contribution in [0.15, 0.2) is 88.5 Å². The minimum Gasteiger partial charge on any atom is -0.456 e. The van der Waals surface area contributed by atoms with E-state index in [0.29, 0.717) is 18.5 Å². The standard InChI is InChI=1S/C29H31N3O3S/c1-36(2,3)15-14-34-20-32-19-26(28-16-22-6-4-5-7-27(22)35-28)25-17-23(8-9-24(25)29(32)33)31-18-21-10-12-30-13-11-21/h4-13,16-17,19,31H,14-15,18,20H2,1-3H3. The van der Waals surface area contributed by atoms with E-state index >= 15 is 0 Å². The molecule has 5 rings (SSSR count). The summed E-state index contributed by atoms with van der Waals surface area (Å²) in [4.78, 5) is 17.5. The Morgan fingerprint density at radius 2 is 1.81 bits per heavy atom. The summed E-state index contributed by atoms with van der Waals surface area (Å²) in [6, 6.07) is 19.8. The third-order valence-electron chi connectivity index (χ3n) is 6.09. The number of pyridine rings is 2. The highest BCUT2D eigenvalue weighted by Gasteiger charge is 2.15. The molecule has 0 aliphatic heterocycles. The highest BCUT2D eigenvalue weighted by Crippen LogP contribution is 2.34. The Bertz CT molecular complexity index is 1520. The van der Waals surface area contributed by atoms with E-state index in [0.717, 1.165) is 44.7 Å². The fourth-order valence-electron chi connectivity index (χ4n) is 4.09. The van der Waals surface area contributed by atoms with Gasteiger partial charge in [0, 0.05) is 58.3 Å². The van der Waals surface area contributed by atoms with E-state index in [-0.39, 0.29) is 12.3 Å². The lowest BCUT2D eigenvalue weighted by Gasteiger charge is -2.24. The normalized spacial score (nSPS) is 12.3. The van der Waals surface area contributed by atoms with Gasteiger partial charge in [-0.1, -0.05) is 18.2 Å². The Hall–Kier alpha value is -3.55. The van der Waals surface area contributed by atoms with E-state index in [9.17, 15) is 4.79 Å². The molecule has 2 aromatic carbocycles. The maximum Gasteiger partial charge on any atom is 0.260 e. The van der Waals surface area contributed by atoms with Gasteiger partial charge >= 0.3 is 0 Å². The summed E-state index contributed by atoms with van der Waals surface area (Å²) in [6.07, 6.45) is 12.2. The number of nitrogens with zero attached hydrogens (tertiary/aromatic N) is 2. The van der Waals surface area contributed by atoms with Crippen molar-refractivity contribution in [1.82, 2.24) is 9.55 Å². The average molecular weight is 502 g/mol. The van der Waals surface area contributed by atoms with Gasteiger partial charge in [-0.2, -0.15) is 0 Å². The van der Waals surface area contributed by atoms with Gasteiger partial charge in [-0.05, 0) is 66.8 Å². The number of furan rings is 1. The maximum atomic E-state index is 13.4. The van der Waals surface area contributed by atoms with Crippen LogP contribution in [-0.4, -0.2) is 40.7 Å². The zero-order chi connectivity index (χ0) is 25.1. The molecule has 0 aliphatic carbocycles. The van der Waals surface area contributed by atoms with Crippen LogP contribution < -0.4 is 10.9 Å². The molecule has 7 heteroatoms. The second-order valence-corrected chi connectivity index (χ2v) is 14.4. The van der Waals surface area contributed by atoms with Gasteiger partial charge in [0.15, 0.2) is 0 Å². The number of hydrogen-bond acceptors (Lipinski definition) is 5. The number of aromatic nitrogens is 2. The van der Waals surface area contributed by atoms with Crippen molar-refractivity contribution < 1.29 is 9.15 Å². The highest BCUT2D eigenvalue weighted by molar-refractivity contribution is 8.32. The molecule has 0 fully saturated rings. The molecule has 5 aromatic rings. The molecule has 0 saturated carbocycles. The summed E-state index contributed by atoms with van der Waals surface area (Å²) < 4.78 is 13.8. The van der Waals surface area contributed by atoms with Gasteiger partial charge in [-0.15, -0.1) is 0 Å². The Kier molecular flexibility index (Phi) is 6.85. The number of nitrogens with one attached hydrogen (secondary N) is 1. The number of anilines is 1. The number of para-hydroxylation sites is 1. The molecule has 0 unspecified atom stereocenters. The largest absolute Gasteiger partial charge is 0.456 e. The van der Waals surface area contributed by atoms with Gasteiger partial charge in [0.05, 0.1) is 6.61 Å². The molecule has 0 radical (unpaired) electrons. The third-order valence-corrected chi connectivity index (χ3v) is 7.48. The lowest BCUT2D eigenvalue weighted by Crippen LogP contribution is -2.22. The molecule has 0 saturated heterocycles. The van der Waals surface area contributed by atoms with Crippen molar-refractivity contribution in [3.8, 4) is 11.3 Å². The van der Waals surface area contributed by atoms with E-state index in [2.05, 4.69) is 29.1 Å². The van der Waals surface area contributed by atoms with E-state index in [4.69, 9.17) is 9.15 Å². The fourth-order valence-corrected chi connectivity index (χ4v) is 4.70. The monoisotopic (exact) mass is 501 g/mol. The first-order valence-corrected chi connectivity index (χ1v) is 14.9. The van der Waals surface area contributed by atoms with Gasteiger partial charge in [0.2, 0.25) is 0 Å².